The first kappa shape index (κ1) is 17.9. The number of pyridine rings is 1. The molecule has 1 heterocycles. The van der Waals surface area contributed by atoms with E-state index in [-0.39, 0.29) is 17.8 Å². The van der Waals surface area contributed by atoms with Crippen molar-refractivity contribution in [3.63, 3.8) is 0 Å². The summed E-state index contributed by atoms with van der Waals surface area (Å²) in [6, 6.07) is 2.67. The molecule has 1 rings (SSSR count). The fourth-order valence-corrected chi connectivity index (χ4v) is 1.63. The standard InChI is InChI=1S/C14H20N2O6/c1-14(2,3)22-13(21)16-7-9(17)11(18)10-8(12(19)20)5-4-6-15-10/h4-6,9,11,17-18H,7H2,1-3H3,(H,16,21)(H,19,20). The molecule has 22 heavy (non-hydrogen) atoms. The zero-order chi connectivity index (χ0) is 16.9. The number of hydrogen-bond donors (Lipinski definition) is 4. The minimum atomic E-state index is -1.55. The number of aliphatic hydroxyl groups is 2. The lowest BCUT2D eigenvalue weighted by Gasteiger charge is -2.22. The van der Waals surface area contributed by atoms with E-state index >= 15 is 0 Å². The number of carboxylic acids is 1. The van der Waals surface area contributed by atoms with Crippen molar-refractivity contribution < 1.29 is 29.6 Å². The van der Waals surface area contributed by atoms with Crippen molar-refractivity contribution >= 4 is 12.1 Å². The van der Waals surface area contributed by atoms with Crippen LogP contribution in [0.2, 0.25) is 0 Å². The summed E-state index contributed by atoms with van der Waals surface area (Å²) >= 11 is 0. The quantitative estimate of drug-likeness (QED) is 0.629. The van der Waals surface area contributed by atoms with Crippen LogP contribution in [0.4, 0.5) is 4.79 Å². The Bertz CT molecular complexity index is 540. The summed E-state index contributed by atoms with van der Waals surface area (Å²) in [5, 5.41) is 31.2. The Morgan fingerprint density at radius 2 is 2.00 bits per heavy atom. The van der Waals surface area contributed by atoms with Crippen LogP contribution in [0.25, 0.3) is 0 Å². The van der Waals surface area contributed by atoms with Gasteiger partial charge in [-0.05, 0) is 32.9 Å². The van der Waals surface area contributed by atoms with Crippen molar-refractivity contribution in [3.05, 3.63) is 29.6 Å². The van der Waals surface area contributed by atoms with Crippen molar-refractivity contribution in [1.29, 1.82) is 0 Å². The summed E-state index contributed by atoms with van der Waals surface area (Å²) in [7, 11) is 0. The molecule has 0 bridgehead atoms. The Labute approximate surface area is 127 Å². The van der Waals surface area contributed by atoms with Gasteiger partial charge in [-0.1, -0.05) is 0 Å². The minimum Gasteiger partial charge on any atom is -0.478 e. The van der Waals surface area contributed by atoms with E-state index in [4.69, 9.17) is 9.84 Å². The molecule has 1 aromatic rings. The number of nitrogens with one attached hydrogen (secondary N) is 1. The van der Waals surface area contributed by atoms with Gasteiger partial charge in [-0.3, -0.25) is 4.98 Å². The third-order valence-electron chi connectivity index (χ3n) is 2.57. The fourth-order valence-electron chi connectivity index (χ4n) is 1.63. The van der Waals surface area contributed by atoms with Crippen molar-refractivity contribution in [2.45, 2.75) is 38.6 Å². The predicted molar refractivity (Wildman–Crippen MR) is 76.4 cm³/mol. The largest absolute Gasteiger partial charge is 0.478 e. The van der Waals surface area contributed by atoms with Crippen LogP contribution < -0.4 is 5.32 Å². The van der Waals surface area contributed by atoms with E-state index in [1.54, 1.807) is 20.8 Å². The molecule has 1 aromatic heterocycles. The molecule has 8 heteroatoms. The van der Waals surface area contributed by atoms with Crippen LogP contribution >= 0.6 is 0 Å². The lowest BCUT2D eigenvalue weighted by atomic mass is 10.0. The van der Waals surface area contributed by atoms with Crippen molar-refractivity contribution in [2.75, 3.05) is 6.54 Å². The van der Waals surface area contributed by atoms with Gasteiger partial charge in [0.25, 0.3) is 0 Å². The highest BCUT2D eigenvalue weighted by molar-refractivity contribution is 5.88. The van der Waals surface area contributed by atoms with Gasteiger partial charge < -0.3 is 25.4 Å². The molecule has 0 spiro atoms. The van der Waals surface area contributed by atoms with E-state index in [0.717, 1.165) is 0 Å². The predicted octanol–water partition coefficient (Wildman–Crippen LogP) is 0.699. The third kappa shape index (κ3) is 5.30. The number of carboxylic acid groups (broad SMARTS) is 1. The molecule has 0 aliphatic carbocycles. The maximum absolute atomic E-state index is 11.5. The van der Waals surface area contributed by atoms with E-state index in [9.17, 15) is 19.8 Å². The Balaban J connectivity index is 2.68. The number of aromatic carboxylic acids is 1. The molecule has 0 saturated carbocycles. The lowest BCUT2D eigenvalue weighted by Crippen LogP contribution is -2.39. The number of carbonyl (C=O) groups is 2. The van der Waals surface area contributed by atoms with E-state index in [2.05, 4.69) is 10.3 Å². The van der Waals surface area contributed by atoms with Crippen LogP contribution in [0, 0.1) is 0 Å². The van der Waals surface area contributed by atoms with Crippen LogP contribution in [0.1, 0.15) is 42.9 Å². The second-order valence-electron chi connectivity index (χ2n) is 5.64. The van der Waals surface area contributed by atoms with E-state index in [1.807, 2.05) is 0 Å². The van der Waals surface area contributed by atoms with Gasteiger partial charge in [0.2, 0.25) is 0 Å². The van der Waals surface area contributed by atoms with Crippen molar-refractivity contribution in [2.24, 2.45) is 0 Å². The first-order valence-corrected chi connectivity index (χ1v) is 6.63. The number of hydrogen-bond acceptors (Lipinski definition) is 6. The van der Waals surface area contributed by atoms with Gasteiger partial charge in [-0.2, -0.15) is 0 Å². The smallest absolute Gasteiger partial charge is 0.407 e. The number of amides is 1. The van der Waals surface area contributed by atoms with Gasteiger partial charge in [0.05, 0.1) is 11.3 Å². The van der Waals surface area contributed by atoms with Gasteiger partial charge in [0.15, 0.2) is 0 Å². The zero-order valence-corrected chi connectivity index (χ0v) is 12.6. The second-order valence-corrected chi connectivity index (χ2v) is 5.64. The SMILES string of the molecule is CC(C)(C)OC(=O)NCC(O)C(O)c1ncccc1C(=O)O. The monoisotopic (exact) mass is 312 g/mol. The molecule has 1 amide bonds. The molecule has 0 fully saturated rings. The van der Waals surface area contributed by atoms with Crippen LogP contribution in [0.15, 0.2) is 18.3 Å². The average Bonchev–Trinajstić information content (AvgIpc) is 2.42. The number of aliphatic hydroxyl groups excluding tert-OH is 2. The molecular formula is C14H20N2O6. The molecule has 122 valence electrons. The summed E-state index contributed by atoms with van der Waals surface area (Å²) in [5.74, 6) is -1.27. The molecule has 0 aliphatic heterocycles. The van der Waals surface area contributed by atoms with E-state index in [1.165, 1.54) is 18.3 Å². The van der Waals surface area contributed by atoms with Gasteiger partial charge in [0.1, 0.15) is 17.8 Å². The number of aromatic nitrogens is 1. The molecule has 8 nitrogen and oxygen atoms in total. The Kier molecular flexibility index (Phi) is 5.84. The summed E-state index contributed by atoms with van der Waals surface area (Å²) in [4.78, 5) is 26.3. The fraction of sp³-hybridized carbons (Fsp3) is 0.500. The number of ether oxygens (including phenoxy) is 1. The summed E-state index contributed by atoms with van der Waals surface area (Å²) in [6.45, 7) is 4.74. The Hall–Kier alpha value is -2.19. The molecule has 0 radical (unpaired) electrons. The minimum absolute atomic E-state index is 0.173. The summed E-state index contributed by atoms with van der Waals surface area (Å²) in [5.41, 5.74) is -1.08. The van der Waals surface area contributed by atoms with E-state index in [0.29, 0.717) is 0 Å². The maximum atomic E-state index is 11.5. The molecule has 0 aromatic carbocycles. The molecule has 0 aliphatic rings. The van der Waals surface area contributed by atoms with Crippen molar-refractivity contribution in [3.8, 4) is 0 Å². The van der Waals surface area contributed by atoms with E-state index < -0.39 is 29.9 Å². The highest BCUT2D eigenvalue weighted by Gasteiger charge is 2.26. The van der Waals surface area contributed by atoms with Crippen LogP contribution in [-0.2, 0) is 4.74 Å². The number of alkyl carbamates (subject to hydrolysis) is 1. The molecule has 0 saturated heterocycles. The first-order valence-electron chi connectivity index (χ1n) is 6.63. The van der Waals surface area contributed by atoms with Gasteiger partial charge in [0, 0.05) is 12.7 Å². The molecule has 2 unspecified atom stereocenters. The zero-order valence-electron chi connectivity index (χ0n) is 12.6. The number of rotatable bonds is 5. The Morgan fingerprint density at radius 3 is 2.55 bits per heavy atom. The summed E-state index contributed by atoms with van der Waals surface area (Å²) in [6.07, 6.45) is -2.43. The van der Waals surface area contributed by atoms with Crippen molar-refractivity contribution in [1.82, 2.24) is 10.3 Å². The van der Waals surface area contributed by atoms with Gasteiger partial charge in [-0.25, -0.2) is 9.59 Å². The molecule has 4 N–H and O–H groups in total. The van der Waals surface area contributed by atoms with Gasteiger partial charge >= 0.3 is 12.1 Å². The normalized spacial score (nSPS) is 14.0. The molecular weight excluding hydrogens is 292 g/mol. The average molecular weight is 312 g/mol. The second kappa shape index (κ2) is 7.19. The number of carbonyl (C=O) groups excluding carboxylic acids is 1. The van der Waals surface area contributed by atoms with Crippen LogP contribution in [0.5, 0.6) is 0 Å². The summed E-state index contributed by atoms with van der Waals surface area (Å²) < 4.78 is 4.98. The van der Waals surface area contributed by atoms with Crippen LogP contribution in [0.3, 0.4) is 0 Å². The third-order valence-corrected chi connectivity index (χ3v) is 2.57. The Morgan fingerprint density at radius 1 is 1.36 bits per heavy atom. The highest BCUT2D eigenvalue weighted by Crippen LogP contribution is 2.18. The number of nitrogens with zero attached hydrogens (tertiary/aromatic N) is 1. The first-order chi connectivity index (χ1) is 10.1. The molecule has 2 atom stereocenters. The maximum Gasteiger partial charge on any atom is 0.407 e. The van der Waals surface area contributed by atoms with Crippen LogP contribution in [-0.4, -0.2) is 50.6 Å². The highest BCUT2D eigenvalue weighted by atomic mass is 16.6. The lowest BCUT2D eigenvalue weighted by molar-refractivity contribution is 0.00996. The van der Waals surface area contributed by atoms with Gasteiger partial charge in [-0.15, -0.1) is 0 Å². The topological polar surface area (TPSA) is 129 Å².